The van der Waals surface area contributed by atoms with E-state index in [0.29, 0.717) is 11.6 Å². The van der Waals surface area contributed by atoms with Gasteiger partial charge < -0.3 is 10.1 Å². The van der Waals surface area contributed by atoms with Crippen LogP contribution in [0.1, 0.15) is 26.1 Å². The molecule has 0 saturated heterocycles. The Labute approximate surface area is 133 Å². The molecule has 1 N–H and O–H groups in total. The van der Waals surface area contributed by atoms with Crippen molar-refractivity contribution in [2.75, 3.05) is 7.11 Å². The van der Waals surface area contributed by atoms with Crippen LogP contribution in [0.5, 0.6) is 5.88 Å². The molecular formula is C13H13F3N4O2S. The van der Waals surface area contributed by atoms with Crippen LogP contribution < -0.4 is 10.1 Å². The Balaban J connectivity index is 2.00. The van der Waals surface area contributed by atoms with Gasteiger partial charge in [-0.2, -0.15) is 13.2 Å². The fourth-order valence-corrected chi connectivity index (χ4v) is 2.71. The molecule has 0 aliphatic carbocycles. The van der Waals surface area contributed by atoms with E-state index in [9.17, 15) is 18.0 Å². The average Bonchev–Trinajstić information content (AvgIpc) is 2.83. The highest BCUT2D eigenvalue weighted by atomic mass is 32.1. The van der Waals surface area contributed by atoms with Gasteiger partial charge in [0.1, 0.15) is 9.88 Å². The summed E-state index contributed by atoms with van der Waals surface area (Å²) in [7, 11) is 1.45. The number of aromatic nitrogens is 3. The molecule has 0 aliphatic heterocycles. The molecule has 10 heteroatoms. The first kappa shape index (κ1) is 17.1. The van der Waals surface area contributed by atoms with E-state index in [1.54, 1.807) is 0 Å². The van der Waals surface area contributed by atoms with E-state index in [-0.39, 0.29) is 22.1 Å². The zero-order valence-electron chi connectivity index (χ0n) is 12.3. The lowest BCUT2D eigenvalue weighted by atomic mass is 10.3. The summed E-state index contributed by atoms with van der Waals surface area (Å²) in [5, 5.41) is 2.44. The molecule has 2 aromatic rings. The van der Waals surface area contributed by atoms with Gasteiger partial charge in [0.25, 0.3) is 5.91 Å². The van der Waals surface area contributed by atoms with Gasteiger partial charge in [-0.25, -0.2) is 9.97 Å². The summed E-state index contributed by atoms with van der Waals surface area (Å²) in [6.45, 7) is 1.60. The second-order valence-corrected chi connectivity index (χ2v) is 5.63. The predicted molar refractivity (Wildman–Crippen MR) is 76.4 cm³/mol. The van der Waals surface area contributed by atoms with Crippen molar-refractivity contribution in [2.24, 2.45) is 0 Å². The molecule has 0 unspecified atom stereocenters. The average molecular weight is 346 g/mol. The monoisotopic (exact) mass is 346 g/mol. The molecule has 2 heterocycles. The van der Waals surface area contributed by atoms with Gasteiger partial charge in [-0.1, -0.05) is 0 Å². The molecule has 0 fully saturated rings. The van der Waals surface area contributed by atoms with E-state index in [4.69, 9.17) is 4.74 Å². The zero-order valence-corrected chi connectivity index (χ0v) is 13.1. The summed E-state index contributed by atoms with van der Waals surface area (Å²) in [6.07, 6.45) is -2.65. The third-order valence-electron chi connectivity index (χ3n) is 2.72. The van der Waals surface area contributed by atoms with E-state index in [1.807, 2.05) is 0 Å². The first-order chi connectivity index (χ1) is 10.8. The first-order valence-corrected chi connectivity index (χ1v) is 7.26. The number of aryl methyl sites for hydroxylation is 1. The Morgan fingerprint density at radius 3 is 2.65 bits per heavy atom. The second kappa shape index (κ2) is 6.90. The first-order valence-electron chi connectivity index (χ1n) is 6.44. The molecule has 0 radical (unpaired) electrons. The van der Waals surface area contributed by atoms with Gasteiger partial charge in [-0.15, -0.1) is 11.3 Å². The lowest BCUT2D eigenvalue weighted by Crippen LogP contribution is -2.23. The maximum atomic E-state index is 12.4. The number of carbonyl (C=O) groups is 1. The van der Waals surface area contributed by atoms with Crippen LogP contribution in [0, 0.1) is 6.92 Å². The molecule has 23 heavy (non-hydrogen) atoms. The topological polar surface area (TPSA) is 77.0 Å². The smallest absolute Gasteiger partial charge is 0.395 e. The molecule has 0 aromatic carbocycles. The Hall–Kier alpha value is -2.23. The number of ether oxygens (including phenoxy) is 1. The van der Waals surface area contributed by atoms with Crippen LogP contribution >= 0.6 is 11.3 Å². The highest BCUT2D eigenvalue weighted by molar-refractivity contribution is 7.13. The van der Waals surface area contributed by atoms with Gasteiger partial charge in [-0.05, 0) is 6.92 Å². The molecule has 0 saturated carbocycles. The molecule has 6 nitrogen and oxygen atoms in total. The number of methoxy groups -OCH3 is 1. The minimum absolute atomic E-state index is 0.0990. The van der Waals surface area contributed by atoms with Crippen molar-refractivity contribution in [1.29, 1.82) is 0 Å². The number of nitrogens with zero attached hydrogens (tertiary/aromatic N) is 3. The normalized spacial score (nSPS) is 11.3. The highest BCUT2D eigenvalue weighted by Gasteiger charge is 2.30. The number of rotatable bonds is 5. The summed E-state index contributed by atoms with van der Waals surface area (Å²) in [4.78, 5) is 24.0. The lowest BCUT2D eigenvalue weighted by Gasteiger charge is -2.04. The maximum Gasteiger partial charge on any atom is 0.395 e. The van der Waals surface area contributed by atoms with Crippen LogP contribution in [-0.4, -0.2) is 34.1 Å². The van der Waals surface area contributed by atoms with E-state index < -0.39 is 18.5 Å². The van der Waals surface area contributed by atoms with Crippen molar-refractivity contribution in [2.45, 2.75) is 26.1 Å². The standard InChI is InChI=1S/C13H13F3N4O2S/c1-7-11(23-10(20-7)3-13(14,15)16)12(21)19-5-8-4-18-9(22-2)6-17-8/h4,6H,3,5H2,1-2H3,(H,19,21). The van der Waals surface area contributed by atoms with Crippen LogP contribution in [-0.2, 0) is 13.0 Å². The molecule has 2 rings (SSSR count). The van der Waals surface area contributed by atoms with Gasteiger partial charge in [-0.3, -0.25) is 9.78 Å². The van der Waals surface area contributed by atoms with Crippen LogP contribution in [0.15, 0.2) is 12.4 Å². The van der Waals surface area contributed by atoms with Crippen LogP contribution in [0.2, 0.25) is 0 Å². The number of hydrogen-bond acceptors (Lipinski definition) is 6. The molecule has 0 bridgehead atoms. The minimum Gasteiger partial charge on any atom is -0.480 e. The van der Waals surface area contributed by atoms with Gasteiger partial charge in [0.15, 0.2) is 0 Å². The zero-order chi connectivity index (χ0) is 17.0. The molecular weight excluding hydrogens is 333 g/mol. The van der Waals surface area contributed by atoms with Crippen LogP contribution in [0.25, 0.3) is 0 Å². The second-order valence-electron chi connectivity index (χ2n) is 4.55. The van der Waals surface area contributed by atoms with Crippen molar-refractivity contribution in [3.05, 3.63) is 33.7 Å². The van der Waals surface area contributed by atoms with Crippen molar-refractivity contribution in [3.8, 4) is 5.88 Å². The van der Waals surface area contributed by atoms with E-state index in [1.165, 1.54) is 26.4 Å². The Morgan fingerprint density at radius 2 is 2.09 bits per heavy atom. The molecule has 1 amide bonds. The van der Waals surface area contributed by atoms with Gasteiger partial charge in [0.05, 0.1) is 43.9 Å². The Morgan fingerprint density at radius 1 is 1.35 bits per heavy atom. The highest BCUT2D eigenvalue weighted by Crippen LogP contribution is 2.26. The van der Waals surface area contributed by atoms with E-state index in [2.05, 4.69) is 20.3 Å². The minimum atomic E-state index is -4.35. The number of nitrogens with one attached hydrogen (secondary N) is 1. The van der Waals surface area contributed by atoms with Gasteiger partial charge >= 0.3 is 6.18 Å². The summed E-state index contributed by atoms with van der Waals surface area (Å²) in [5.74, 6) is -0.152. The third-order valence-corrected chi connectivity index (χ3v) is 3.88. The van der Waals surface area contributed by atoms with Crippen LogP contribution in [0.3, 0.4) is 0 Å². The molecule has 0 aliphatic rings. The maximum absolute atomic E-state index is 12.4. The largest absolute Gasteiger partial charge is 0.480 e. The molecule has 0 atom stereocenters. The Bertz CT molecular complexity index is 686. The van der Waals surface area contributed by atoms with Crippen molar-refractivity contribution in [3.63, 3.8) is 0 Å². The summed E-state index contributed by atoms with van der Waals surface area (Å²) in [5.41, 5.74) is 0.768. The van der Waals surface area contributed by atoms with Gasteiger partial charge in [0, 0.05) is 0 Å². The molecule has 0 spiro atoms. The molecule has 2 aromatic heterocycles. The fraction of sp³-hybridized carbons (Fsp3) is 0.385. The number of amides is 1. The summed E-state index contributed by atoms with van der Waals surface area (Å²) < 4.78 is 41.9. The Kier molecular flexibility index (Phi) is 5.14. The number of carbonyl (C=O) groups excluding carboxylic acids is 1. The van der Waals surface area contributed by atoms with Crippen LogP contribution in [0.4, 0.5) is 13.2 Å². The fourth-order valence-electron chi connectivity index (χ4n) is 1.70. The van der Waals surface area contributed by atoms with Crippen molar-refractivity contribution in [1.82, 2.24) is 20.3 Å². The van der Waals surface area contributed by atoms with E-state index >= 15 is 0 Å². The summed E-state index contributed by atoms with van der Waals surface area (Å²) >= 11 is 0.737. The molecule has 124 valence electrons. The van der Waals surface area contributed by atoms with Crippen molar-refractivity contribution < 1.29 is 22.7 Å². The van der Waals surface area contributed by atoms with E-state index in [0.717, 1.165) is 11.3 Å². The number of thiazole rings is 1. The SMILES string of the molecule is COc1cnc(CNC(=O)c2sc(CC(F)(F)F)nc2C)cn1. The summed E-state index contributed by atoms with van der Waals surface area (Å²) in [6, 6.07) is 0. The number of alkyl halides is 3. The number of hydrogen-bond donors (Lipinski definition) is 1. The van der Waals surface area contributed by atoms with Crippen molar-refractivity contribution >= 4 is 17.2 Å². The lowest BCUT2D eigenvalue weighted by molar-refractivity contribution is -0.127. The number of halogens is 3. The van der Waals surface area contributed by atoms with Gasteiger partial charge in [0.2, 0.25) is 5.88 Å². The quantitative estimate of drug-likeness (QED) is 0.899. The predicted octanol–water partition coefficient (Wildman–Crippen LogP) is 2.28. The third kappa shape index (κ3) is 4.88.